The van der Waals surface area contributed by atoms with E-state index in [1.54, 1.807) is 18.0 Å². The van der Waals surface area contributed by atoms with Crippen LogP contribution in [-0.2, 0) is 16.0 Å². The second kappa shape index (κ2) is 8.27. The Labute approximate surface area is 148 Å². The van der Waals surface area contributed by atoms with E-state index in [1.807, 2.05) is 36.5 Å². The number of methoxy groups -OCH3 is 1. The van der Waals surface area contributed by atoms with Gasteiger partial charge in [0.15, 0.2) is 0 Å². The van der Waals surface area contributed by atoms with Crippen LogP contribution in [0.4, 0.5) is 0 Å². The predicted molar refractivity (Wildman–Crippen MR) is 96.7 cm³/mol. The first-order chi connectivity index (χ1) is 12.2. The number of benzene rings is 1. The van der Waals surface area contributed by atoms with E-state index in [1.165, 1.54) is 0 Å². The van der Waals surface area contributed by atoms with Gasteiger partial charge in [-0.15, -0.1) is 0 Å². The van der Waals surface area contributed by atoms with Crippen LogP contribution >= 0.6 is 0 Å². The van der Waals surface area contributed by atoms with E-state index in [9.17, 15) is 4.79 Å². The molecule has 6 heteroatoms. The summed E-state index contributed by atoms with van der Waals surface area (Å²) in [5.74, 6) is 0.0563. The highest BCUT2D eigenvalue weighted by molar-refractivity contribution is 5.78. The summed E-state index contributed by atoms with van der Waals surface area (Å²) in [7, 11) is 1.73. The highest BCUT2D eigenvalue weighted by Gasteiger charge is 2.32. The van der Waals surface area contributed by atoms with Crippen molar-refractivity contribution in [3.63, 3.8) is 0 Å². The minimum absolute atomic E-state index is 0.0552. The molecule has 0 spiro atoms. The number of ether oxygens (including phenoxy) is 1. The summed E-state index contributed by atoms with van der Waals surface area (Å²) < 4.78 is 7.20. The van der Waals surface area contributed by atoms with Crippen LogP contribution in [0, 0.1) is 5.41 Å². The van der Waals surface area contributed by atoms with Gasteiger partial charge in [-0.25, -0.2) is 4.68 Å². The lowest BCUT2D eigenvalue weighted by Crippen LogP contribution is -2.47. The zero-order chi connectivity index (χ0) is 17.5. The summed E-state index contributed by atoms with van der Waals surface area (Å²) in [4.78, 5) is 12.3. The zero-order valence-electron chi connectivity index (χ0n) is 14.7. The Morgan fingerprint density at radius 3 is 2.72 bits per heavy atom. The molecule has 2 N–H and O–H groups in total. The first kappa shape index (κ1) is 17.6. The minimum Gasteiger partial charge on any atom is -0.384 e. The summed E-state index contributed by atoms with van der Waals surface area (Å²) >= 11 is 0. The van der Waals surface area contributed by atoms with Crippen LogP contribution in [0.25, 0.3) is 5.69 Å². The third-order valence-electron chi connectivity index (χ3n) is 4.85. The summed E-state index contributed by atoms with van der Waals surface area (Å²) in [5.41, 5.74) is 2.04. The molecule has 0 bridgehead atoms. The van der Waals surface area contributed by atoms with Gasteiger partial charge in [0.05, 0.1) is 18.7 Å². The number of piperidine rings is 1. The van der Waals surface area contributed by atoms with E-state index in [-0.39, 0.29) is 11.3 Å². The fourth-order valence-corrected chi connectivity index (χ4v) is 3.36. The number of hydrogen-bond donors (Lipinski definition) is 2. The number of amides is 1. The molecule has 1 saturated heterocycles. The monoisotopic (exact) mass is 342 g/mol. The van der Waals surface area contributed by atoms with E-state index >= 15 is 0 Å². The number of nitrogens with one attached hydrogen (secondary N) is 2. The van der Waals surface area contributed by atoms with Crippen molar-refractivity contribution < 1.29 is 9.53 Å². The van der Waals surface area contributed by atoms with Gasteiger partial charge in [0.25, 0.3) is 0 Å². The Morgan fingerprint density at radius 2 is 2.08 bits per heavy atom. The number of carbonyl (C=O) groups is 1. The molecule has 0 radical (unpaired) electrons. The van der Waals surface area contributed by atoms with Gasteiger partial charge >= 0.3 is 0 Å². The van der Waals surface area contributed by atoms with Crippen molar-refractivity contribution in [2.75, 3.05) is 33.4 Å². The molecule has 1 aliphatic heterocycles. The second-order valence-corrected chi connectivity index (χ2v) is 6.75. The van der Waals surface area contributed by atoms with Crippen molar-refractivity contribution in [2.45, 2.75) is 19.3 Å². The van der Waals surface area contributed by atoms with E-state index in [0.29, 0.717) is 19.6 Å². The Balaban J connectivity index is 1.53. The van der Waals surface area contributed by atoms with Crippen molar-refractivity contribution in [3.8, 4) is 5.69 Å². The summed E-state index contributed by atoms with van der Waals surface area (Å²) in [6.45, 7) is 3.32. The van der Waals surface area contributed by atoms with Crippen LogP contribution in [0.5, 0.6) is 0 Å². The largest absolute Gasteiger partial charge is 0.384 e. The third kappa shape index (κ3) is 4.67. The van der Waals surface area contributed by atoms with Crippen LogP contribution in [0.1, 0.15) is 18.4 Å². The molecule has 25 heavy (non-hydrogen) atoms. The van der Waals surface area contributed by atoms with E-state index in [0.717, 1.165) is 37.2 Å². The van der Waals surface area contributed by atoms with Crippen LogP contribution in [0.15, 0.2) is 42.7 Å². The first-order valence-electron chi connectivity index (χ1n) is 8.76. The topological polar surface area (TPSA) is 68.2 Å². The summed E-state index contributed by atoms with van der Waals surface area (Å²) in [6.07, 6.45) is 6.09. The number of nitrogens with zero attached hydrogens (tertiary/aromatic N) is 2. The fraction of sp³-hybridized carbons (Fsp3) is 0.474. The lowest BCUT2D eigenvalue weighted by Gasteiger charge is -2.37. The van der Waals surface area contributed by atoms with Crippen LogP contribution in [0.3, 0.4) is 0 Å². The molecule has 1 aromatic heterocycles. The molecule has 0 saturated carbocycles. The third-order valence-corrected chi connectivity index (χ3v) is 4.85. The quantitative estimate of drug-likeness (QED) is 0.801. The molecule has 3 rings (SSSR count). The Kier molecular flexibility index (Phi) is 5.83. The van der Waals surface area contributed by atoms with Gasteiger partial charge in [-0.3, -0.25) is 4.79 Å². The maximum Gasteiger partial charge on any atom is 0.224 e. The zero-order valence-corrected chi connectivity index (χ0v) is 14.7. The molecule has 2 heterocycles. The van der Waals surface area contributed by atoms with Crippen molar-refractivity contribution in [1.82, 2.24) is 20.4 Å². The highest BCUT2D eigenvalue weighted by atomic mass is 16.5. The SMILES string of the molecule is COCC1(CNC(=O)Cc2ccc(-n3cccn3)cc2)CCNCC1. The maximum atomic E-state index is 12.3. The van der Waals surface area contributed by atoms with Gasteiger partial charge < -0.3 is 15.4 Å². The van der Waals surface area contributed by atoms with Gasteiger partial charge in [0, 0.05) is 31.5 Å². The molecule has 1 aliphatic rings. The smallest absolute Gasteiger partial charge is 0.224 e. The number of carbonyl (C=O) groups excluding carboxylic acids is 1. The molecule has 0 unspecified atom stereocenters. The van der Waals surface area contributed by atoms with E-state index in [4.69, 9.17) is 4.74 Å². The normalized spacial score (nSPS) is 16.5. The average molecular weight is 342 g/mol. The average Bonchev–Trinajstić information content (AvgIpc) is 3.17. The molecular weight excluding hydrogens is 316 g/mol. The van der Waals surface area contributed by atoms with E-state index < -0.39 is 0 Å². The Hall–Kier alpha value is -2.18. The molecule has 134 valence electrons. The van der Waals surface area contributed by atoms with Gasteiger partial charge in [-0.05, 0) is 49.7 Å². The van der Waals surface area contributed by atoms with Gasteiger partial charge in [-0.1, -0.05) is 12.1 Å². The second-order valence-electron chi connectivity index (χ2n) is 6.75. The Bertz CT molecular complexity index is 656. The van der Waals surface area contributed by atoms with Crippen molar-refractivity contribution in [1.29, 1.82) is 0 Å². The molecular formula is C19H26N4O2. The maximum absolute atomic E-state index is 12.3. The van der Waals surface area contributed by atoms with Gasteiger partial charge in [0.2, 0.25) is 5.91 Å². The van der Waals surface area contributed by atoms with Crippen molar-refractivity contribution in [2.24, 2.45) is 5.41 Å². The van der Waals surface area contributed by atoms with Crippen molar-refractivity contribution in [3.05, 3.63) is 48.3 Å². The van der Waals surface area contributed by atoms with Gasteiger partial charge in [-0.2, -0.15) is 5.10 Å². The lowest BCUT2D eigenvalue weighted by atomic mass is 9.79. The van der Waals surface area contributed by atoms with Crippen LogP contribution in [0.2, 0.25) is 0 Å². The molecule has 6 nitrogen and oxygen atoms in total. The molecule has 0 aliphatic carbocycles. The summed E-state index contributed by atoms with van der Waals surface area (Å²) in [6, 6.07) is 9.81. The number of hydrogen-bond acceptors (Lipinski definition) is 4. The number of aromatic nitrogens is 2. The van der Waals surface area contributed by atoms with Crippen molar-refractivity contribution >= 4 is 5.91 Å². The lowest BCUT2D eigenvalue weighted by molar-refractivity contribution is -0.121. The molecule has 1 fully saturated rings. The molecule has 1 aromatic carbocycles. The van der Waals surface area contributed by atoms with Crippen LogP contribution < -0.4 is 10.6 Å². The molecule has 0 atom stereocenters. The minimum atomic E-state index is 0.0552. The fourth-order valence-electron chi connectivity index (χ4n) is 3.36. The molecule has 2 aromatic rings. The predicted octanol–water partition coefficient (Wildman–Crippen LogP) is 1.55. The number of rotatable bonds is 7. The summed E-state index contributed by atoms with van der Waals surface area (Å²) in [5, 5.41) is 10.7. The van der Waals surface area contributed by atoms with Crippen LogP contribution in [-0.4, -0.2) is 49.0 Å². The van der Waals surface area contributed by atoms with Gasteiger partial charge in [0.1, 0.15) is 0 Å². The standard InChI is InChI=1S/C19H26N4O2/c1-25-15-19(7-10-20-11-8-19)14-21-18(24)13-16-3-5-17(6-4-16)23-12-2-9-22-23/h2-6,9,12,20H,7-8,10-11,13-15H2,1H3,(H,21,24). The first-order valence-corrected chi connectivity index (χ1v) is 8.76. The Morgan fingerprint density at radius 1 is 1.32 bits per heavy atom. The molecule has 1 amide bonds. The highest BCUT2D eigenvalue weighted by Crippen LogP contribution is 2.28. The van der Waals surface area contributed by atoms with E-state index in [2.05, 4.69) is 15.7 Å².